The van der Waals surface area contributed by atoms with Gasteiger partial charge in [-0.2, -0.15) is 0 Å². The fourth-order valence-corrected chi connectivity index (χ4v) is 4.01. The zero-order valence-electron chi connectivity index (χ0n) is 19.4. The fraction of sp³-hybridized carbons (Fsp3) is 0.100. The van der Waals surface area contributed by atoms with E-state index in [1.807, 2.05) is 30.3 Å². The topological polar surface area (TPSA) is 69.7 Å². The van der Waals surface area contributed by atoms with Gasteiger partial charge in [-0.05, 0) is 23.3 Å². The van der Waals surface area contributed by atoms with Crippen molar-refractivity contribution in [2.75, 3.05) is 14.2 Å². The first-order chi connectivity index (χ1) is 17.0. The highest BCUT2D eigenvalue weighted by Gasteiger charge is 2.41. The summed E-state index contributed by atoms with van der Waals surface area (Å²) in [5.41, 5.74) is 2.99. The monoisotopic (exact) mass is 464 g/mol. The van der Waals surface area contributed by atoms with Gasteiger partial charge in [-0.15, -0.1) is 0 Å². The van der Waals surface area contributed by atoms with Crippen LogP contribution < -0.4 is 0 Å². The molecular formula is C30H24O5. The lowest BCUT2D eigenvalue weighted by Gasteiger charge is -2.29. The molecule has 0 fully saturated rings. The Morgan fingerprint density at radius 2 is 1.00 bits per heavy atom. The number of rotatable bonds is 9. The molecule has 0 amide bonds. The van der Waals surface area contributed by atoms with Crippen LogP contribution in [0.15, 0.2) is 109 Å². The van der Waals surface area contributed by atoms with Crippen molar-refractivity contribution < 1.29 is 23.9 Å². The molecule has 0 saturated heterocycles. The van der Waals surface area contributed by atoms with E-state index < -0.39 is 17.4 Å². The molecule has 0 atom stereocenters. The molecule has 4 rings (SSSR count). The third kappa shape index (κ3) is 4.73. The molecule has 5 nitrogen and oxygen atoms in total. The Bertz CT molecular complexity index is 1360. The van der Waals surface area contributed by atoms with Gasteiger partial charge in [0.1, 0.15) is 0 Å². The molecule has 4 aromatic carbocycles. The minimum Gasteiger partial charge on any atom is -0.343 e. The second-order valence-corrected chi connectivity index (χ2v) is 7.91. The summed E-state index contributed by atoms with van der Waals surface area (Å²) in [4.78, 5) is 39.0. The lowest BCUT2D eigenvalue weighted by Crippen LogP contribution is -2.40. The van der Waals surface area contributed by atoms with Crippen molar-refractivity contribution in [2.45, 2.75) is 5.79 Å². The summed E-state index contributed by atoms with van der Waals surface area (Å²) in [7, 11) is 2.86. The van der Waals surface area contributed by atoms with Crippen molar-refractivity contribution >= 4 is 17.3 Å². The maximum atomic E-state index is 13.6. The Kier molecular flexibility index (Phi) is 7.11. The normalized spacial score (nSPS) is 11.1. The first kappa shape index (κ1) is 24.0. The fourth-order valence-electron chi connectivity index (χ4n) is 4.01. The summed E-state index contributed by atoms with van der Waals surface area (Å²) in [6.07, 6.45) is 0. The van der Waals surface area contributed by atoms with Crippen LogP contribution >= 0.6 is 0 Å². The third-order valence-corrected chi connectivity index (χ3v) is 5.85. The Balaban J connectivity index is 1.67. The molecule has 0 bridgehead atoms. The third-order valence-electron chi connectivity index (χ3n) is 5.85. The molecule has 0 heterocycles. The van der Waals surface area contributed by atoms with Crippen LogP contribution in [0.4, 0.5) is 0 Å². The summed E-state index contributed by atoms with van der Waals surface area (Å²) in [6.45, 7) is 0. The van der Waals surface area contributed by atoms with Gasteiger partial charge in [-0.3, -0.25) is 14.4 Å². The summed E-state index contributed by atoms with van der Waals surface area (Å²) in [5.74, 6) is -3.12. The maximum Gasteiger partial charge on any atom is 0.260 e. The number of carbonyl (C=O) groups is 3. The molecule has 0 saturated carbocycles. The van der Waals surface area contributed by atoms with Gasteiger partial charge >= 0.3 is 0 Å². The van der Waals surface area contributed by atoms with Crippen LogP contribution in [0.5, 0.6) is 0 Å². The van der Waals surface area contributed by atoms with Gasteiger partial charge in [0, 0.05) is 36.5 Å². The van der Waals surface area contributed by atoms with Crippen molar-refractivity contribution in [1.82, 2.24) is 0 Å². The number of carbonyl (C=O) groups excluding carboxylic acids is 3. The largest absolute Gasteiger partial charge is 0.343 e. The van der Waals surface area contributed by atoms with Crippen molar-refractivity contribution in [1.29, 1.82) is 0 Å². The zero-order valence-corrected chi connectivity index (χ0v) is 19.4. The van der Waals surface area contributed by atoms with Crippen LogP contribution in [-0.2, 0) is 15.3 Å². The van der Waals surface area contributed by atoms with E-state index in [-0.39, 0.29) is 11.3 Å². The lowest BCUT2D eigenvalue weighted by atomic mass is 9.92. The quantitative estimate of drug-likeness (QED) is 0.179. The van der Waals surface area contributed by atoms with Crippen molar-refractivity contribution in [3.8, 4) is 11.1 Å². The Morgan fingerprint density at radius 1 is 0.543 bits per heavy atom. The minimum absolute atomic E-state index is 0.278. The molecule has 0 radical (unpaired) electrons. The van der Waals surface area contributed by atoms with Crippen molar-refractivity contribution in [2.24, 2.45) is 0 Å². The van der Waals surface area contributed by atoms with Gasteiger partial charge in [0.2, 0.25) is 17.3 Å². The molecule has 174 valence electrons. The Morgan fingerprint density at radius 3 is 1.57 bits per heavy atom. The summed E-state index contributed by atoms with van der Waals surface area (Å²) in [5, 5.41) is 0. The Hall–Kier alpha value is -4.19. The molecule has 0 spiro atoms. The second-order valence-electron chi connectivity index (χ2n) is 7.91. The summed E-state index contributed by atoms with van der Waals surface area (Å²) < 4.78 is 11.2. The molecule has 0 aromatic heterocycles. The number of Topliss-reactive ketones (excluding diaryl/α,β-unsaturated/α-hetero) is 3. The molecule has 5 heteroatoms. The van der Waals surface area contributed by atoms with Crippen LogP contribution in [0, 0.1) is 0 Å². The predicted octanol–water partition coefficient (Wildman–Crippen LogP) is 5.75. The van der Waals surface area contributed by atoms with E-state index in [9.17, 15) is 14.4 Å². The SMILES string of the molecule is COC(OC)(C(=O)c1cccc(-c2cccc(C(=O)C(=O)c3ccccc3)c2)c1)c1ccccc1. The lowest BCUT2D eigenvalue weighted by molar-refractivity contribution is -0.176. The van der Waals surface area contributed by atoms with Gasteiger partial charge in [-0.1, -0.05) is 97.1 Å². The highest BCUT2D eigenvalue weighted by Crippen LogP contribution is 2.32. The van der Waals surface area contributed by atoms with E-state index in [2.05, 4.69) is 0 Å². The number of benzene rings is 4. The molecule has 0 aliphatic heterocycles. The van der Waals surface area contributed by atoms with Gasteiger partial charge in [0.15, 0.2) is 0 Å². The molecule has 0 N–H and O–H groups in total. The molecule has 0 aliphatic rings. The summed E-state index contributed by atoms with van der Waals surface area (Å²) in [6, 6.07) is 31.3. The summed E-state index contributed by atoms with van der Waals surface area (Å²) >= 11 is 0. The first-order valence-corrected chi connectivity index (χ1v) is 11.1. The van der Waals surface area contributed by atoms with Crippen LogP contribution in [0.2, 0.25) is 0 Å². The zero-order chi connectivity index (χ0) is 24.8. The average molecular weight is 465 g/mol. The van der Waals surface area contributed by atoms with Gasteiger partial charge in [0.05, 0.1) is 0 Å². The maximum absolute atomic E-state index is 13.6. The first-order valence-electron chi connectivity index (χ1n) is 11.1. The van der Waals surface area contributed by atoms with E-state index in [0.29, 0.717) is 27.8 Å². The number of hydrogen-bond donors (Lipinski definition) is 0. The van der Waals surface area contributed by atoms with Crippen LogP contribution in [0.1, 0.15) is 36.6 Å². The molecule has 35 heavy (non-hydrogen) atoms. The highest BCUT2D eigenvalue weighted by molar-refractivity contribution is 6.49. The Labute approximate surface area is 204 Å². The molecular weight excluding hydrogens is 440 g/mol. The average Bonchev–Trinajstić information content (AvgIpc) is 2.94. The number of ketones is 3. The standard InChI is InChI=1S/C30H24O5/c1-34-30(35-2,26-17-7-4-8-18-26)29(33)25-16-10-14-23(20-25)22-13-9-15-24(19-22)28(32)27(31)21-11-5-3-6-12-21/h3-20H,1-2H3. The van der Waals surface area contributed by atoms with Crippen molar-refractivity contribution in [3.63, 3.8) is 0 Å². The van der Waals surface area contributed by atoms with Gasteiger partial charge < -0.3 is 9.47 Å². The van der Waals surface area contributed by atoms with Crippen LogP contribution in [0.3, 0.4) is 0 Å². The van der Waals surface area contributed by atoms with Crippen molar-refractivity contribution in [3.05, 3.63) is 131 Å². The van der Waals surface area contributed by atoms with Gasteiger partial charge in [-0.25, -0.2) is 0 Å². The van der Waals surface area contributed by atoms with Gasteiger partial charge in [0.25, 0.3) is 5.79 Å². The second kappa shape index (κ2) is 10.4. The number of methoxy groups -OCH3 is 2. The smallest absolute Gasteiger partial charge is 0.260 e. The van der Waals surface area contributed by atoms with Crippen LogP contribution in [-0.4, -0.2) is 31.6 Å². The number of hydrogen-bond acceptors (Lipinski definition) is 5. The van der Waals surface area contributed by atoms with E-state index in [0.717, 1.165) is 0 Å². The highest BCUT2D eigenvalue weighted by atomic mass is 16.7. The van der Waals surface area contributed by atoms with E-state index in [1.165, 1.54) is 14.2 Å². The minimum atomic E-state index is -1.60. The molecule has 4 aromatic rings. The van der Waals surface area contributed by atoms with E-state index in [1.54, 1.807) is 78.9 Å². The molecule has 0 unspecified atom stereocenters. The van der Waals surface area contributed by atoms with Crippen LogP contribution in [0.25, 0.3) is 11.1 Å². The molecule has 0 aliphatic carbocycles. The van der Waals surface area contributed by atoms with E-state index in [4.69, 9.17) is 9.47 Å². The number of ether oxygens (including phenoxy) is 2. The predicted molar refractivity (Wildman–Crippen MR) is 133 cm³/mol. The van der Waals surface area contributed by atoms with E-state index >= 15 is 0 Å².